The summed E-state index contributed by atoms with van der Waals surface area (Å²) in [4.78, 5) is 0. The third-order valence-corrected chi connectivity index (χ3v) is 6.79. The lowest BCUT2D eigenvalue weighted by atomic mass is 9.70. The van der Waals surface area contributed by atoms with E-state index < -0.39 is 0 Å². The van der Waals surface area contributed by atoms with Gasteiger partial charge in [0.15, 0.2) is 0 Å². The molecule has 0 bridgehead atoms. The molecule has 0 aliphatic carbocycles. The molecular formula is C25H52. The standard InChI is InChI=1S/C25H52/c1-10-21(4)15-12-18-24(23(6)25(7,8)9)19-13-17-22(5)16-11-14-20(2)3/h20-24H,10-19H2,1-9H3. The van der Waals surface area contributed by atoms with E-state index in [1.54, 1.807) is 0 Å². The Morgan fingerprint density at radius 2 is 1.04 bits per heavy atom. The van der Waals surface area contributed by atoms with Gasteiger partial charge in [-0.1, -0.05) is 127 Å². The number of hydrogen-bond donors (Lipinski definition) is 0. The Kier molecular flexibility index (Phi) is 13.2. The van der Waals surface area contributed by atoms with Gasteiger partial charge in [-0.25, -0.2) is 0 Å². The largest absolute Gasteiger partial charge is 0.0651 e. The van der Waals surface area contributed by atoms with Gasteiger partial charge in [-0.05, 0) is 35.0 Å². The molecule has 0 aliphatic rings. The van der Waals surface area contributed by atoms with Gasteiger partial charge in [0.05, 0.1) is 0 Å². The molecular weight excluding hydrogens is 300 g/mol. The molecule has 4 atom stereocenters. The summed E-state index contributed by atoms with van der Waals surface area (Å²) in [6.45, 7) is 21.8. The molecule has 0 saturated carbocycles. The van der Waals surface area contributed by atoms with Gasteiger partial charge in [-0.2, -0.15) is 0 Å². The Morgan fingerprint density at radius 3 is 1.44 bits per heavy atom. The van der Waals surface area contributed by atoms with Crippen LogP contribution >= 0.6 is 0 Å². The molecule has 0 aromatic carbocycles. The van der Waals surface area contributed by atoms with Gasteiger partial charge in [0.1, 0.15) is 0 Å². The summed E-state index contributed by atoms with van der Waals surface area (Å²) >= 11 is 0. The monoisotopic (exact) mass is 352 g/mol. The van der Waals surface area contributed by atoms with E-state index >= 15 is 0 Å². The molecule has 152 valence electrons. The van der Waals surface area contributed by atoms with Crippen molar-refractivity contribution in [3.63, 3.8) is 0 Å². The third-order valence-electron chi connectivity index (χ3n) is 6.79. The van der Waals surface area contributed by atoms with E-state index in [4.69, 9.17) is 0 Å². The topological polar surface area (TPSA) is 0 Å². The van der Waals surface area contributed by atoms with Crippen LogP contribution in [0.2, 0.25) is 0 Å². The van der Waals surface area contributed by atoms with Crippen LogP contribution in [0.4, 0.5) is 0 Å². The smallest absolute Gasteiger partial charge is 0.0354 e. The van der Waals surface area contributed by atoms with Gasteiger partial charge in [-0.15, -0.1) is 0 Å². The van der Waals surface area contributed by atoms with E-state index in [1.807, 2.05) is 0 Å². The van der Waals surface area contributed by atoms with Crippen LogP contribution in [-0.4, -0.2) is 0 Å². The van der Waals surface area contributed by atoms with Crippen molar-refractivity contribution in [3.05, 3.63) is 0 Å². The van der Waals surface area contributed by atoms with Gasteiger partial charge in [0, 0.05) is 0 Å². The van der Waals surface area contributed by atoms with Gasteiger partial charge in [0.25, 0.3) is 0 Å². The maximum Gasteiger partial charge on any atom is -0.0354 e. The minimum absolute atomic E-state index is 0.448. The first-order valence-corrected chi connectivity index (χ1v) is 11.6. The van der Waals surface area contributed by atoms with Crippen LogP contribution in [0, 0.1) is 35.0 Å². The molecule has 0 spiro atoms. The fraction of sp³-hybridized carbons (Fsp3) is 1.00. The molecule has 0 heteroatoms. The minimum Gasteiger partial charge on any atom is -0.0651 e. The van der Waals surface area contributed by atoms with Gasteiger partial charge < -0.3 is 0 Å². The molecule has 0 fully saturated rings. The third kappa shape index (κ3) is 12.9. The molecule has 0 aromatic heterocycles. The van der Waals surface area contributed by atoms with Crippen molar-refractivity contribution in [2.75, 3.05) is 0 Å². The summed E-state index contributed by atoms with van der Waals surface area (Å²) in [5, 5.41) is 0. The van der Waals surface area contributed by atoms with Crippen LogP contribution in [0.5, 0.6) is 0 Å². The highest BCUT2D eigenvalue weighted by atomic mass is 14.3. The van der Waals surface area contributed by atoms with E-state index in [-0.39, 0.29) is 0 Å². The van der Waals surface area contributed by atoms with Crippen LogP contribution in [0.25, 0.3) is 0 Å². The summed E-state index contributed by atoms with van der Waals surface area (Å²) in [5.41, 5.74) is 0.448. The van der Waals surface area contributed by atoms with Gasteiger partial charge in [0.2, 0.25) is 0 Å². The fourth-order valence-corrected chi connectivity index (χ4v) is 4.03. The van der Waals surface area contributed by atoms with E-state index in [0.717, 1.165) is 29.6 Å². The van der Waals surface area contributed by atoms with E-state index in [1.165, 1.54) is 64.2 Å². The van der Waals surface area contributed by atoms with Crippen molar-refractivity contribution in [2.24, 2.45) is 35.0 Å². The first-order valence-electron chi connectivity index (χ1n) is 11.6. The highest BCUT2D eigenvalue weighted by molar-refractivity contribution is 4.78. The lowest BCUT2D eigenvalue weighted by Gasteiger charge is -2.35. The summed E-state index contributed by atoms with van der Waals surface area (Å²) in [7, 11) is 0. The van der Waals surface area contributed by atoms with Crippen molar-refractivity contribution in [3.8, 4) is 0 Å². The molecule has 0 saturated heterocycles. The average molecular weight is 353 g/mol. The lowest BCUT2D eigenvalue weighted by molar-refractivity contribution is 0.152. The molecule has 0 aliphatic heterocycles. The Hall–Kier alpha value is 0. The maximum atomic E-state index is 2.51. The van der Waals surface area contributed by atoms with E-state index in [2.05, 4.69) is 62.3 Å². The van der Waals surface area contributed by atoms with E-state index in [9.17, 15) is 0 Å². The summed E-state index contributed by atoms with van der Waals surface area (Å²) in [6, 6.07) is 0. The molecule has 0 rings (SSSR count). The van der Waals surface area contributed by atoms with Crippen molar-refractivity contribution < 1.29 is 0 Å². The second kappa shape index (κ2) is 13.2. The van der Waals surface area contributed by atoms with Crippen LogP contribution in [0.15, 0.2) is 0 Å². The summed E-state index contributed by atoms with van der Waals surface area (Å²) in [6.07, 6.45) is 14.3. The maximum absolute atomic E-state index is 2.51. The molecule has 0 nitrogen and oxygen atoms in total. The predicted octanol–water partition coefficient (Wildman–Crippen LogP) is 9.13. The lowest BCUT2D eigenvalue weighted by Crippen LogP contribution is -2.26. The molecule has 0 N–H and O–H groups in total. The Morgan fingerprint density at radius 1 is 0.600 bits per heavy atom. The molecule has 0 radical (unpaired) electrons. The highest BCUT2D eigenvalue weighted by Crippen LogP contribution is 2.37. The van der Waals surface area contributed by atoms with Crippen LogP contribution in [0.1, 0.15) is 127 Å². The highest BCUT2D eigenvalue weighted by Gasteiger charge is 2.27. The molecule has 0 amide bonds. The van der Waals surface area contributed by atoms with Crippen molar-refractivity contribution in [1.82, 2.24) is 0 Å². The van der Waals surface area contributed by atoms with Crippen LogP contribution in [-0.2, 0) is 0 Å². The average Bonchev–Trinajstić information content (AvgIpc) is 2.51. The predicted molar refractivity (Wildman–Crippen MR) is 117 cm³/mol. The molecule has 0 heterocycles. The SMILES string of the molecule is CCC(C)CCCC(CCCC(C)CCCC(C)C)C(C)C(C)(C)C. The van der Waals surface area contributed by atoms with Crippen LogP contribution in [0.3, 0.4) is 0 Å². The Bertz CT molecular complexity index is 296. The fourth-order valence-electron chi connectivity index (χ4n) is 4.03. The van der Waals surface area contributed by atoms with Crippen LogP contribution < -0.4 is 0 Å². The molecule has 0 aromatic rings. The quantitative estimate of drug-likeness (QED) is 0.292. The normalized spacial score (nSPS) is 17.5. The van der Waals surface area contributed by atoms with E-state index in [0.29, 0.717) is 5.41 Å². The molecule has 25 heavy (non-hydrogen) atoms. The van der Waals surface area contributed by atoms with Gasteiger partial charge >= 0.3 is 0 Å². The van der Waals surface area contributed by atoms with Gasteiger partial charge in [-0.3, -0.25) is 0 Å². The number of hydrogen-bond acceptors (Lipinski definition) is 0. The zero-order chi connectivity index (χ0) is 19.5. The minimum atomic E-state index is 0.448. The van der Waals surface area contributed by atoms with Crippen molar-refractivity contribution in [2.45, 2.75) is 127 Å². The first-order chi connectivity index (χ1) is 11.6. The van der Waals surface area contributed by atoms with Crippen molar-refractivity contribution in [1.29, 1.82) is 0 Å². The zero-order valence-electron chi connectivity index (χ0n) is 19.5. The summed E-state index contributed by atoms with van der Waals surface area (Å²) < 4.78 is 0. The zero-order valence-corrected chi connectivity index (χ0v) is 19.5. The molecule has 4 unspecified atom stereocenters. The first kappa shape index (κ1) is 25.0. The Balaban J connectivity index is 4.29. The number of rotatable bonds is 14. The summed E-state index contributed by atoms with van der Waals surface area (Å²) in [5.74, 6) is 4.46. The Labute approximate surface area is 161 Å². The second-order valence-electron chi connectivity index (χ2n) is 10.7. The van der Waals surface area contributed by atoms with Crippen molar-refractivity contribution >= 4 is 0 Å². The second-order valence-corrected chi connectivity index (χ2v) is 10.7.